The second-order valence-corrected chi connectivity index (χ2v) is 6.04. The summed E-state index contributed by atoms with van der Waals surface area (Å²) < 4.78 is 39.6. The van der Waals surface area contributed by atoms with Crippen LogP contribution in [0.25, 0.3) is 0 Å². The van der Waals surface area contributed by atoms with Crippen molar-refractivity contribution >= 4 is 16.0 Å². The normalized spacial score (nSPS) is 13.2. The maximum absolute atomic E-state index is 13.2. The number of carboxylic acid groups (broad SMARTS) is 1. The fourth-order valence-electron chi connectivity index (χ4n) is 1.93. The van der Waals surface area contributed by atoms with Gasteiger partial charge in [-0.05, 0) is 43.5 Å². The number of sulfonamides is 1. The maximum Gasteiger partial charge on any atom is 0.321 e. The van der Waals surface area contributed by atoms with E-state index in [0.717, 1.165) is 12.1 Å². The topological polar surface area (TPSA) is 104 Å². The summed E-state index contributed by atoms with van der Waals surface area (Å²) in [6.07, 6.45) is -0.256. The number of aliphatic carboxylic acids is 1. The minimum atomic E-state index is -4.11. The predicted molar refractivity (Wildman–Crippen MR) is 69.3 cm³/mol. The summed E-state index contributed by atoms with van der Waals surface area (Å²) in [6.45, 7) is 2.37. The van der Waals surface area contributed by atoms with Gasteiger partial charge in [0.25, 0.3) is 0 Å². The lowest BCUT2D eigenvalue weighted by molar-refractivity contribution is -0.139. The molecule has 0 saturated heterocycles. The Labute approximate surface area is 116 Å². The number of aliphatic hydroxyl groups excluding tert-OH is 1. The Morgan fingerprint density at radius 3 is 2.25 bits per heavy atom. The highest BCUT2D eigenvalue weighted by Crippen LogP contribution is 2.21. The first-order chi connectivity index (χ1) is 9.19. The van der Waals surface area contributed by atoms with Crippen LogP contribution in [-0.4, -0.2) is 37.2 Å². The van der Waals surface area contributed by atoms with Gasteiger partial charge in [-0.2, -0.15) is 4.72 Å². The predicted octanol–water partition coefficient (Wildman–Crippen LogP) is 0.556. The molecule has 0 fully saturated rings. The van der Waals surface area contributed by atoms with Gasteiger partial charge in [0.15, 0.2) is 0 Å². The zero-order valence-electron chi connectivity index (χ0n) is 11.1. The molecule has 1 rings (SSSR count). The molecule has 1 aromatic carbocycles. The lowest BCUT2D eigenvalue weighted by Crippen LogP contribution is -2.41. The third-order valence-electron chi connectivity index (χ3n) is 2.71. The molecule has 1 atom stereocenters. The summed E-state index contributed by atoms with van der Waals surface area (Å²) in [5.74, 6) is -1.95. The highest BCUT2D eigenvalue weighted by atomic mass is 32.2. The third kappa shape index (κ3) is 3.75. The van der Waals surface area contributed by atoms with E-state index in [-0.39, 0.29) is 22.4 Å². The van der Waals surface area contributed by atoms with Crippen LogP contribution in [0.4, 0.5) is 4.39 Å². The second kappa shape index (κ2) is 6.29. The average Bonchev–Trinajstić information content (AvgIpc) is 2.25. The van der Waals surface area contributed by atoms with Crippen LogP contribution < -0.4 is 4.72 Å². The zero-order valence-corrected chi connectivity index (χ0v) is 11.9. The highest BCUT2D eigenvalue weighted by molar-refractivity contribution is 7.89. The van der Waals surface area contributed by atoms with Gasteiger partial charge in [0, 0.05) is 6.61 Å². The number of rotatable bonds is 6. The first-order valence-corrected chi connectivity index (χ1v) is 7.30. The monoisotopic (exact) mass is 305 g/mol. The highest BCUT2D eigenvalue weighted by Gasteiger charge is 2.27. The summed E-state index contributed by atoms with van der Waals surface area (Å²) in [5.41, 5.74) is 0.367. The number of hydrogen-bond donors (Lipinski definition) is 3. The third-order valence-corrected chi connectivity index (χ3v) is 4.48. The van der Waals surface area contributed by atoms with E-state index >= 15 is 0 Å². The van der Waals surface area contributed by atoms with E-state index in [1.54, 1.807) is 0 Å². The smallest absolute Gasteiger partial charge is 0.321 e. The Bertz CT molecular complexity index is 591. The second-order valence-electron chi connectivity index (χ2n) is 4.39. The van der Waals surface area contributed by atoms with Crippen LogP contribution in [0.5, 0.6) is 0 Å². The van der Waals surface area contributed by atoms with Crippen LogP contribution in [0, 0.1) is 19.7 Å². The van der Waals surface area contributed by atoms with Crippen LogP contribution in [-0.2, 0) is 14.8 Å². The molecular formula is C12H16FNO5S. The van der Waals surface area contributed by atoms with E-state index in [0.29, 0.717) is 0 Å². The lowest BCUT2D eigenvalue weighted by Gasteiger charge is -2.16. The van der Waals surface area contributed by atoms with Crippen molar-refractivity contribution in [2.45, 2.75) is 31.2 Å². The van der Waals surface area contributed by atoms with Gasteiger partial charge in [0.1, 0.15) is 11.9 Å². The SMILES string of the molecule is Cc1cc(F)cc(C)c1S(=O)(=O)N[C@H](CCO)C(=O)O. The van der Waals surface area contributed by atoms with Gasteiger partial charge in [0.2, 0.25) is 10.0 Å². The number of aliphatic hydroxyl groups is 1. The number of benzene rings is 1. The van der Waals surface area contributed by atoms with Gasteiger partial charge < -0.3 is 10.2 Å². The minimum Gasteiger partial charge on any atom is -0.480 e. The molecule has 3 N–H and O–H groups in total. The molecule has 0 heterocycles. The van der Waals surface area contributed by atoms with Crippen molar-refractivity contribution in [3.63, 3.8) is 0 Å². The Balaban J connectivity index is 3.20. The van der Waals surface area contributed by atoms with Gasteiger partial charge in [-0.1, -0.05) is 0 Å². The summed E-state index contributed by atoms with van der Waals surface area (Å²) in [6, 6.07) is 0.682. The molecule has 1 aromatic rings. The summed E-state index contributed by atoms with van der Waals surface area (Å²) in [4.78, 5) is 10.8. The number of carbonyl (C=O) groups is 1. The summed E-state index contributed by atoms with van der Waals surface area (Å²) in [5, 5.41) is 17.7. The van der Waals surface area contributed by atoms with E-state index in [1.165, 1.54) is 13.8 Å². The lowest BCUT2D eigenvalue weighted by atomic mass is 10.1. The number of aryl methyl sites for hydroxylation is 2. The van der Waals surface area contributed by atoms with Crippen LogP contribution in [0.3, 0.4) is 0 Å². The van der Waals surface area contributed by atoms with Crippen molar-refractivity contribution in [2.24, 2.45) is 0 Å². The van der Waals surface area contributed by atoms with E-state index in [2.05, 4.69) is 0 Å². The summed E-state index contributed by atoms with van der Waals surface area (Å²) in [7, 11) is -4.11. The number of halogens is 1. The van der Waals surface area contributed by atoms with Gasteiger partial charge >= 0.3 is 5.97 Å². The fourth-order valence-corrected chi connectivity index (χ4v) is 3.61. The van der Waals surface area contributed by atoms with E-state index in [1.807, 2.05) is 4.72 Å². The molecule has 0 unspecified atom stereocenters. The van der Waals surface area contributed by atoms with Crippen molar-refractivity contribution in [2.75, 3.05) is 6.61 Å². The van der Waals surface area contributed by atoms with Crippen molar-refractivity contribution in [1.29, 1.82) is 0 Å². The maximum atomic E-state index is 13.2. The minimum absolute atomic E-state index is 0.150. The molecule has 20 heavy (non-hydrogen) atoms. The van der Waals surface area contributed by atoms with Crippen LogP contribution in [0.1, 0.15) is 17.5 Å². The van der Waals surface area contributed by atoms with Crippen LogP contribution >= 0.6 is 0 Å². The number of carboxylic acids is 1. The molecule has 0 aliphatic carbocycles. The molecule has 0 amide bonds. The van der Waals surface area contributed by atoms with E-state index in [4.69, 9.17) is 10.2 Å². The van der Waals surface area contributed by atoms with Gasteiger partial charge in [0.05, 0.1) is 4.90 Å². The molecule has 0 saturated carbocycles. The van der Waals surface area contributed by atoms with E-state index in [9.17, 15) is 17.6 Å². The molecule has 0 bridgehead atoms. The zero-order chi connectivity index (χ0) is 15.5. The molecule has 0 aromatic heterocycles. The number of hydrogen-bond acceptors (Lipinski definition) is 4. The first-order valence-electron chi connectivity index (χ1n) is 5.81. The van der Waals surface area contributed by atoms with Gasteiger partial charge in [-0.15, -0.1) is 0 Å². The molecular weight excluding hydrogens is 289 g/mol. The van der Waals surface area contributed by atoms with Crippen molar-refractivity contribution in [1.82, 2.24) is 4.72 Å². The Hall–Kier alpha value is -1.51. The van der Waals surface area contributed by atoms with Crippen molar-refractivity contribution in [3.8, 4) is 0 Å². The molecule has 0 aliphatic heterocycles. The van der Waals surface area contributed by atoms with E-state index < -0.39 is 34.5 Å². The molecule has 6 nitrogen and oxygen atoms in total. The molecule has 0 aliphatic rings. The Morgan fingerprint density at radius 2 is 1.85 bits per heavy atom. The molecule has 112 valence electrons. The van der Waals surface area contributed by atoms with Gasteiger partial charge in [-0.3, -0.25) is 4.79 Å². The van der Waals surface area contributed by atoms with Crippen molar-refractivity contribution < 1.29 is 27.8 Å². The quantitative estimate of drug-likeness (QED) is 0.712. The average molecular weight is 305 g/mol. The largest absolute Gasteiger partial charge is 0.480 e. The summed E-state index contributed by atoms with van der Waals surface area (Å²) >= 11 is 0. The Morgan fingerprint density at radius 1 is 1.35 bits per heavy atom. The molecule has 0 spiro atoms. The molecule has 8 heteroatoms. The first kappa shape index (κ1) is 16.5. The van der Waals surface area contributed by atoms with Crippen molar-refractivity contribution in [3.05, 3.63) is 29.1 Å². The van der Waals surface area contributed by atoms with Gasteiger partial charge in [-0.25, -0.2) is 12.8 Å². The Kier molecular flexibility index (Phi) is 5.21. The standard InChI is InChI=1S/C12H16FNO5S/c1-7-5-9(13)6-8(2)11(7)20(18,19)14-10(3-4-15)12(16)17/h5-6,10,14-15H,3-4H2,1-2H3,(H,16,17)/t10-/m1/s1. The molecule has 0 radical (unpaired) electrons. The van der Waals surface area contributed by atoms with Crippen LogP contribution in [0.2, 0.25) is 0 Å². The van der Waals surface area contributed by atoms with Crippen LogP contribution in [0.15, 0.2) is 17.0 Å². The number of nitrogens with one attached hydrogen (secondary N) is 1. The fraction of sp³-hybridized carbons (Fsp3) is 0.417.